The van der Waals surface area contributed by atoms with E-state index in [1.54, 1.807) is 30.3 Å². The van der Waals surface area contributed by atoms with Gasteiger partial charge in [-0.3, -0.25) is 0 Å². The van der Waals surface area contributed by atoms with Crippen LogP contribution in [0.2, 0.25) is 0 Å². The van der Waals surface area contributed by atoms with Crippen LogP contribution in [0.5, 0.6) is 5.75 Å². The monoisotopic (exact) mass is 409 g/mol. The molecule has 1 aromatic heterocycles. The number of sulfonamides is 1. The number of nitrogens with zero attached hydrogens (tertiary/aromatic N) is 1. The minimum atomic E-state index is -3.67. The van der Waals surface area contributed by atoms with E-state index in [0.717, 1.165) is 27.5 Å². The number of rotatable bonds is 6. The molecular weight excluding hydrogens is 386 g/mol. The van der Waals surface area contributed by atoms with Crippen LogP contribution in [0.4, 0.5) is 5.69 Å². The summed E-state index contributed by atoms with van der Waals surface area (Å²) in [5.74, 6) is 0.186. The molecule has 0 aliphatic heterocycles. The van der Waals surface area contributed by atoms with Crippen LogP contribution in [0.15, 0.2) is 65.7 Å². The van der Waals surface area contributed by atoms with E-state index in [1.807, 2.05) is 49.5 Å². The van der Waals surface area contributed by atoms with Gasteiger partial charge < -0.3 is 15.0 Å². The molecule has 7 heteroatoms. The smallest absolute Gasteiger partial charge is 0.241 e. The van der Waals surface area contributed by atoms with Gasteiger partial charge >= 0.3 is 0 Å². The van der Waals surface area contributed by atoms with Gasteiger partial charge in [0.25, 0.3) is 0 Å². The summed E-state index contributed by atoms with van der Waals surface area (Å²) in [6.45, 7) is 0.259. The Morgan fingerprint density at radius 3 is 2.55 bits per heavy atom. The third kappa shape index (κ3) is 3.66. The highest BCUT2D eigenvalue weighted by Crippen LogP contribution is 2.30. The van der Waals surface area contributed by atoms with Gasteiger partial charge in [-0.15, -0.1) is 0 Å². The van der Waals surface area contributed by atoms with E-state index in [-0.39, 0.29) is 17.2 Å². The topological polar surface area (TPSA) is 85.4 Å². The highest BCUT2D eigenvalue weighted by atomic mass is 32.2. The minimum Gasteiger partial charge on any atom is -0.508 e. The molecular formula is C22H23N3O3S. The third-order valence-electron chi connectivity index (χ3n) is 5.07. The fraction of sp³-hybridized carbons (Fsp3) is 0.182. The molecule has 0 radical (unpaired) electrons. The molecule has 0 aliphatic rings. The second-order valence-electron chi connectivity index (χ2n) is 7.21. The van der Waals surface area contributed by atoms with Crippen LogP contribution in [0, 0.1) is 0 Å². The lowest BCUT2D eigenvalue weighted by molar-refractivity contribution is 0.476. The van der Waals surface area contributed by atoms with Crippen molar-refractivity contribution in [1.82, 2.24) is 9.71 Å². The van der Waals surface area contributed by atoms with Crippen LogP contribution >= 0.6 is 0 Å². The van der Waals surface area contributed by atoms with E-state index >= 15 is 0 Å². The molecule has 29 heavy (non-hydrogen) atoms. The average molecular weight is 410 g/mol. The van der Waals surface area contributed by atoms with Crippen LogP contribution in [0.3, 0.4) is 0 Å². The lowest BCUT2D eigenvalue weighted by Crippen LogP contribution is -2.26. The summed E-state index contributed by atoms with van der Waals surface area (Å²) in [5, 5.41) is 12.2. The molecule has 6 nitrogen and oxygen atoms in total. The standard InChI is InChI=1S/C22H23N3O3S/c1-25(2)21-7-3-6-18-17(21)5-4-8-22(18)29(27,28)24-12-11-15-14-23-20-10-9-16(26)13-19(15)20/h3-10,13-14,23-24,26H,11-12H2,1-2H3. The molecule has 0 spiro atoms. The molecule has 4 aromatic rings. The van der Waals surface area contributed by atoms with Crippen LogP contribution in [-0.4, -0.2) is 39.1 Å². The minimum absolute atomic E-state index is 0.186. The molecule has 0 amide bonds. The predicted molar refractivity (Wildman–Crippen MR) is 117 cm³/mol. The predicted octanol–water partition coefficient (Wildman–Crippen LogP) is 3.61. The summed E-state index contributed by atoms with van der Waals surface area (Å²) in [4.78, 5) is 5.39. The van der Waals surface area contributed by atoms with Crippen molar-refractivity contribution < 1.29 is 13.5 Å². The SMILES string of the molecule is CN(C)c1cccc2c(S(=O)(=O)NCCc3c[nH]c4ccc(O)cc34)cccc12. The second-order valence-corrected chi connectivity index (χ2v) is 8.95. The molecule has 0 saturated carbocycles. The van der Waals surface area contributed by atoms with Crippen molar-refractivity contribution in [3.63, 3.8) is 0 Å². The number of nitrogens with one attached hydrogen (secondary N) is 2. The van der Waals surface area contributed by atoms with Gasteiger partial charge in [0, 0.05) is 54.2 Å². The summed E-state index contributed by atoms with van der Waals surface area (Å²) in [7, 11) is 0.203. The van der Waals surface area contributed by atoms with Crippen molar-refractivity contribution in [2.45, 2.75) is 11.3 Å². The fourth-order valence-corrected chi connectivity index (χ4v) is 4.91. The van der Waals surface area contributed by atoms with E-state index in [9.17, 15) is 13.5 Å². The number of H-pyrrole nitrogens is 1. The van der Waals surface area contributed by atoms with Crippen molar-refractivity contribution in [3.8, 4) is 5.75 Å². The zero-order valence-corrected chi connectivity index (χ0v) is 17.1. The molecule has 150 valence electrons. The zero-order chi connectivity index (χ0) is 20.6. The number of benzene rings is 3. The Balaban J connectivity index is 1.59. The van der Waals surface area contributed by atoms with Gasteiger partial charge in [-0.2, -0.15) is 0 Å². The lowest BCUT2D eigenvalue weighted by atomic mass is 10.1. The molecule has 0 saturated heterocycles. The molecule has 4 rings (SSSR count). The number of phenolic OH excluding ortho intramolecular Hbond substituents is 1. The maximum Gasteiger partial charge on any atom is 0.241 e. The Labute approximate surface area is 169 Å². The molecule has 0 atom stereocenters. The first-order valence-electron chi connectivity index (χ1n) is 9.34. The van der Waals surface area contributed by atoms with Gasteiger partial charge in [0.15, 0.2) is 0 Å². The third-order valence-corrected chi connectivity index (χ3v) is 6.59. The van der Waals surface area contributed by atoms with Crippen LogP contribution in [0.1, 0.15) is 5.56 Å². The maximum atomic E-state index is 13.0. The van der Waals surface area contributed by atoms with Crippen molar-refractivity contribution >= 4 is 37.4 Å². The summed E-state index contributed by atoms with van der Waals surface area (Å²) >= 11 is 0. The van der Waals surface area contributed by atoms with E-state index in [2.05, 4.69) is 9.71 Å². The van der Waals surface area contributed by atoms with Crippen molar-refractivity contribution in [1.29, 1.82) is 0 Å². The van der Waals surface area contributed by atoms with E-state index in [1.165, 1.54) is 0 Å². The number of anilines is 1. The van der Waals surface area contributed by atoms with Gasteiger partial charge in [0.05, 0.1) is 4.90 Å². The number of hydrogen-bond acceptors (Lipinski definition) is 4. The summed E-state index contributed by atoms with van der Waals surface area (Å²) in [6.07, 6.45) is 2.36. The molecule has 0 fully saturated rings. The summed E-state index contributed by atoms with van der Waals surface area (Å²) in [6, 6.07) is 16.1. The largest absolute Gasteiger partial charge is 0.508 e. The molecule has 0 unspecified atom stereocenters. The molecule has 0 bridgehead atoms. The van der Waals surface area contributed by atoms with Crippen LogP contribution in [-0.2, 0) is 16.4 Å². The van der Waals surface area contributed by atoms with Gasteiger partial charge in [-0.05, 0) is 42.3 Å². The number of fused-ring (bicyclic) bond motifs is 2. The number of aromatic hydroxyl groups is 1. The Morgan fingerprint density at radius 2 is 1.76 bits per heavy atom. The average Bonchev–Trinajstić information content (AvgIpc) is 3.09. The lowest BCUT2D eigenvalue weighted by Gasteiger charge is -2.17. The molecule has 3 aromatic carbocycles. The highest BCUT2D eigenvalue weighted by Gasteiger charge is 2.18. The normalized spacial score (nSPS) is 11.9. The van der Waals surface area contributed by atoms with Crippen molar-refractivity contribution in [2.75, 3.05) is 25.5 Å². The highest BCUT2D eigenvalue weighted by molar-refractivity contribution is 7.89. The first kappa shape index (κ1) is 19.3. The van der Waals surface area contributed by atoms with E-state index < -0.39 is 10.0 Å². The fourth-order valence-electron chi connectivity index (χ4n) is 3.66. The van der Waals surface area contributed by atoms with Crippen LogP contribution in [0.25, 0.3) is 21.7 Å². The van der Waals surface area contributed by atoms with Crippen molar-refractivity contribution in [2.24, 2.45) is 0 Å². The van der Waals surface area contributed by atoms with Gasteiger partial charge in [-0.25, -0.2) is 13.1 Å². The number of phenols is 1. The maximum absolute atomic E-state index is 13.0. The van der Waals surface area contributed by atoms with E-state index in [4.69, 9.17) is 0 Å². The first-order chi connectivity index (χ1) is 13.9. The Kier molecular flexibility index (Phi) is 4.94. The Bertz CT molecular complexity index is 1290. The molecule has 1 heterocycles. The van der Waals surface area contributed by atoms with Gasteiger partial charge in [0.1, 0.15) is 5.75 Å². The zero-order valence-electron chi connectivity index (χ0n) is 16.3. The quantitative estimate of drug-likeness (QED) is 0.454. The molecule has 0 aliphatic carbocycles. The number of aromatic nitrogens is 1. The summed E-state index contributed by atoms with van der Waals surface area (Å²) < 4.78 is 28.7. The summed E-state index contributed by atoms with van der Waals surface area (Å²) in [5.41, 5.74) is 2.83. The van der Waals surface area contributed by atoms with E-state index in [0.29, 0.717) is 11.8 Å². The Morgan fingerprint density at radius 1 is 1.00 bits per heavy atom. The number of hydrogen-bond donors (Lipinski definition) is 3. The van der Waals surface area contributed by atoms with Crippen molar-refractivity contribution in [3.05, 3.63) is 66.4 Å². The molecule has 3 N–H and O–H groups in total. The number of aromatic amines is 1. The van der Waals surface area contributed by atoms with Gasteiger partial charge in [0.2, 0.25) is 10.0 Å². The second kappa shape index (κ2) is 7.42. The van der Waals surface area contributed by atoms with Crippen LogP contribution < -0.4 is 9.62 Å². The first-order valence-corrected chi connectivity index (χ1v) is 10.8. The Hall–Kier alpha value is -3.03. The van der Waals surface area contributed by atoms with Gasteiger partial charge in [-0.1, -0.05) is 24.3 Å².